The van der Waals surface area contributed by atoms with Gasteiger partial charge in [0.1, 0.15) is 5.69 Å². The van der Waals surface area contributed by atoms with Gasteiger partial charge in [-0.05, 0) is 37.3 Å². The van der Waals surface area contributed by atoms with Gasteiger partial charge in [0.2, 0.25) is 5.88 Å². The van der Waals surface area contributed by atoms with Crippen LogP contribution in [-0.4, -0.2) is 31.4 Å². The first kappa shape index (κ1) is 15.1. The van der Waals surface area contributed by atoms with Crippen LogP contribution in [0.2, 0.25) is 0 Å². The SMILES string of the molecule is COc1nc(-c2cccc(-n3cccn3)c2)ccc1-n1cnc(C)c1. The summed E-state index contributed by atoms with van der Waals surface area (Å²) in [7, 11) is 1.62. The van der Waals surface area contributed by atoms with Crippen molar-refractivity contribution in [1.82, 2.24) is 24.3 Å². The molecule has 0 N–H and O–H groups in total. The van der Waals surface area contributed by atoms with E-state index in [1.54, 1.807) is 19.6 Å². The van der Waals surface area contributed by atoms with Crippen molar-refractivity contribution in [3.8, 4) is 28.5 Å². The molecule has 3 heterocycles. The van der Waals surface area contributed by atoms with Crippen LogP contribution in [0.4, 0.5) is 0 Å². The third kappa shape index (κ3) is 2.89. The Labute approximate surface area is 145 Å². The van der Waals surface area contributed by atoms with Crippen LogP contribution in [0.3, 0.4) is 0 Å². The minimum atomic E-state index is 0.555. The van der Waals surface area contributed by atoms with Crippen molar-refractivity contribution in [2.75, 3.05) is 7.11 Å². The molecule has 3 aromatic heterocycles. The second-order valence-corrected chi connectivity index (χ2v) is 5.65. The van der Waals surface area contributed by atoms with E-state index >= 15 is 0 Å². The molecule has 0 atom stereocenters. The lowest BCUT2D eigenvalue weighted by Gasteiger charge is -2.11. The number of pyridine rings is 1. The first-order chi connectivity index (χ1) is 12.2. The fourth-order valence-electron chi connectivity index (χ4n) is 2.72. The number of aryl methyl sites for hydroxylation is 1. The standard InChI is InChI=1S/C19H17N5O/c1-14-12-23(13-20-14)18-8-7-17(22-19(18)25-2)15-5-3-6-16(11-15)24-10-4-9-21-24/h3-13H,1-2H3. The normalized spacial score (nSPS) is 10.8. The second kappa shape index (κ2) is 6.24. The van der Waals surface area contributed by atoms with Gasteiger partial charge in [-0.25, -0.2) is 14.6 Å². The van der Waals surface area contributed by atoms with Crippen LogP contribution in [0.5, 0.6) is 5.88 Å². The number of imidazole rings is 1. The van der Waals surface area contributed by atoms with Crippen molar-refractivity contribution in [1.29, 1.82) is 0 Å². The molecule has 4 rings (SSSR count). The highest BCUT2D eigenvalue weighted by atomic mass is 16.5. The molecule has 25 heavy (non-hydrogen) atoms. The minimum Gasteiger partial charge on any atom is -0.479 e. The van der Waals surface area contributed by atoms with Crippen LogP contribution in [-0.2, 0) is 0 Å². The molecule has 0 aliphatic carbocycles. The fraction of sp³-hybridized carbons (Fsp3) is 0.105. The Balaban J connectivity index is 1.75. The molecular weight excluding hydrogens is 314 g/mol. The van der Waals surface area contributed by atoms with Crippen molar-refractivity contribution in [2.45, 2.75) is 6.92 Å². The zero-order valence-electron chi connectivity index (χ0n) is 14.0. The van der Waals surface area contributed by atoms with Gasteiger partial charge in [0.05, 0.1) is 30.5 Å². The Hall–Kier alpha value is -3.41. The third-order valence-corrected chi connectivity index (χ3v) is 3.93. The fourth-order valence-corrected chi connectivity index (χ4v) is 2.72. The van der Waals surface area contributed by atoms with Gasteiger partial charge in [0.15, 0.2) is 0 Å². The van der Waals surface area contributed by atoms with E-state index in [0.29, 0.717) is 5.88 Å². The molecule has 0 saturated heterocycles. The summed E-state index contributed by atoms with van der Waals surface area (Å²) < 4.78 is 9.23. The molecule has 0 spiro atoms. The van der Waals surface area contributed by atoms with Gasteiger partial charge in [-0.15, -0.1) is 0 Å². The van der Waals surface area contributed by atoms with E-state index < -0.39 is 0 Å². The number of nitrogens with zero attached hydrogens (tertiary/aromatic N) is 5. The summed E-state index contributed by atoms with van der Waals surface area (Å²) in [5.74, 6) is 0.555. The maximum atomic E-state index is 5.50. The number of methoxy groups -OCH3 is 1. The Morgan fingerprint density at radius 3 is 2.72 bits per heavy atom. The Kier molecular flexibility index (Phi) is 3.78. The van der Waals surface area contributed by atoms with E-state index in [1.165, 1.54) is 0 Å². The monoisotopic (exact) mass is 331 g/mol. The van der Waals surface area contributed by atoms with E-state index in [4.69, 9.17) is 4.74 Å². The molecule has 1 aromatic carbocycles. The van der Waals surface area contributed by atoms with E-state index in [9.17, 15) is 0 Å². The quantitative estimate of drug-likeness (QED) is 0.575. The maximum Gasteiger partial charge on any atom is 0.238 e. The Morgan fingerprint density at radius 2 is 2.00 bits per heavy atom. The van der Waals surface area contributed by atoms with Crippen molar-refractivity contribution in [2.24, 2.45) is 0 Å². The molecule has 4 aromatic rings. The summed E-state index contributed by atoms with van der Waals surface area (Å²) in [5.41, 5.74) is 4.62. The number of ether oxygens (including phenoxy) is 1. The molecule has 0 amide bonds. The molecule has 0 bridgehead atoms. The zero-order valence-corrected chi connectivity index (χ0v) is 14.0. The average Bonchev–Trinajstić information content (AvgIpc) is 3.33. The topological polar surface area (TPSA) is 57.8 Å². The summed E-state index contributed by atoms with van der Waals surface area (Å²) in [6.07, 6.45) is 7.37. The molecule has 0 aliphatic heterocycles. The van der Waals surface area contributed by atoms with Gasteiger partial charge in [0, 0.05) is 24.2 Å². The molecule has 0 fully saturated rings. The zero-order chi connectivity index (χ0) is 17.2. The molecule has 6 nitrogen and oxygen atoms in total. The summed E-state index contributed by atoms with van der Waals surface area (Å²) >= 11 is 0. The summed E-state index contributed by atoms with van der Waals surface area (Å²) in [6.45, 7) is 1.95. The van der Waals surface area contributed by atoms with Crippen molar-refractivity contribution in [3.05, 3.63) is 73.1 Å². The molecular formula is C19H17N5O. The van der Waals surface area contributed by atoms with Crippen LogP contribution >= 0.6 is 0 Å². The summed E-state index contributed by atoms with van der Waals surface area (Å²) in [6, 6.07) is 13.9. The maximum absolute atomic E-state index is 5.50. The highest BCUT2D eigenvalue weighted by molar-refractivity contribution is 5.64. The number of benzene rings is 1. The van der Waals surface area contributed by atoms with Crippen LogP contribution < -0.4 is 4.74 Å². The highest BCUT2D eigenvalue weighted by Gasteiger charge is 2.10. The van der Waals surface area contributed by atoms with Crippen LogP contribution in [0, 0.1) is 6.92 Å². The summed E-state index contributed by atoms with van der Waals surface area (Å²) in [5, 5.41) is 4.27. The number of hydrogen-bond acceptors (Lipinski definition) is 4. The number of rotatable bonds is 4. The molecule has 124 valence electrons. The van der Waals surface area contributed by atoms with Gasteiger partial charge in [-0.2, -0.15) is 5.10 Å². The van der Waals surface area contributed by atoms with E-state index in [-0.39, 0.29) is 0 Å². The smallest absolute Gasteiger partial charge is 0.238 e. The van der Waals surface area contributed by atoms with Crippen molar-refractivity contribution >= 4 is 0 Å². The third-order valence-electron chi connectivity index (χ3n) is 3.93. The van der Waals surface area contributed by atoms with Gasteiger partial charge >= 0.3 is 0 Å². The Bertz CT molecular complexity index is 1000. The highest BCUT2D eigenvalue weighted by Crippen LogP contribution is 2.27. The van der Waals surface area contributed by atoms with Crippen LogP contribution in [0.1, 0.15) is 5.69 Å². The molecule has 0 radical (unpaired) electrons. The Morgan fingerprint density at radius 1 is 1.08 bits per heavy atom. The lowest BCUT2D eigenvalue weighted by atomic mass is 10.1. The van der Waals surface area contributed by atoms with Gasteiger partial charge in [-0.1, -0.05) is 12.1 Å². The molecule has 6 heteroatoms. The lowest BCUT2D eigenvalue weighted by molar-refractivity contribution is 0.396. The molecule has 0 aliphatic rings. The first-order valence-electron chi connectivity index (χ1n) is 7.91. The number of aromatic nitrogens is 5. The van der Waals surface area contributed by atoms with Gasteiger partial charge < -0.3 is 9.30 Å². The van der Waals surface area contributed by atoms with Crippen LogP contribution in [0.15, 0.2) is 67.4 Å². The van der Waals surface area contributed by atoms with E-state index in [0.717, 1.165) is 28.3 Å². The van der Waals surface area contributed by atoms with Crippen LogP contribution in [0.25, 0.3) is 22.6 Å². The summed E-state index contributed by atoms with van der Waals surface area (Å²) in [4.78, 5) is 8.93. The predicted molar refractivity (Wildman–Crippen MR) is 95.2 cm³/mol. The van der Waals surface area contributed by atoms with Crippen molar-refractivity contribution in [3.63, 3.8) is 0 Å². The van der Waals surface area contributed by atoms with Gasteiger partial charge in [0.25, 0.3) is 0 Å². The first-order valence-corrected chi connectivity index (χ1v) is 7.91. The average molecular weight is 331 g/mol. The second-order valence-electron chi connectivity index (χ2n) is 5.65. The van der Waals surface area contributed by atoms with E-state index in [1.807, 2.05) is 65.0 Å². The molecule has 0 unspecified atom stereocenters. The lowest BCUT2D eigenvalue weighted by Crippen LogP contribution is -2.00. The van der Waals surface area contributed by atoms with E-state index in [2.05, 4.69) is 21.1 Å². The largest absolute Gasteiger partial charge is 0.479 e. The predicted octanol–water partition coefficient (Wildman–Crippen LogP) is 3.44. The molecule has 0 saturated carbocycles. The minimum absolute atomic E-state index is 0.555. The van der Waals surface area contributed by atoms with Crippen molar-refractivity contribution < 1.29 is 4.74 Å². The number of hydrogen-bond donors (Lipinski definition) is 0. The van der Waals surface area contributed by atoms with Gasteiger partial charge in [-0.3, -0.25) is 0 Å².